The smallest absolute Gasteiger partial charge is 0.263 e. The van der Waals surface area contributed by atoms with Crippen molar-refractivity contribution < 1.29 is 4.79 Å². The molecule has 1 aliphatic carbocycles. The highest BCUT2D eigenvalue weighted by molar-refractivity contribution is 7.99. The molecule has 0 spiro atoms. The van der Waals surface area contributed by atoms with Gasteiger partial charge in [0.15, 0.2) is 11.0 Å². The molecule has 0 atom stereocenters. The largest absolute Gasteiger partial charge is 0.325 e. The topological polar surface area (TPSA) is 123 Å². The number of hydrogen-bond acceptors (Lipinski definition) is 7. The van der Waals surface area contributed by atoms with Crippen LogP contribution >= 0.6 is 11.8 Å². The predicted molar refractivity (Wildman–Crippen MR) is 138 cm³/mol. The van der Waals surface area contributed by atoms with E-state index in [9.17, 15) is 9.59 Å². The molecule has 2 aromatic carbocycles. The van der Waals surface area contributed by atoms with Crippen molar-refractivity contribution in [2.75, 3.05) is 11.1 Å². The Balaban J connectivity index is 1.18. The predicted octanol–water partition coefficient (Wildman–Crippen LogP) is 3.62. The van der Waals surface area contributed by atoms with Crippen LogP contribution in [-0.4, -0.2) is 46.0 Å². The zero-order valence-electron chi connectivity index (χ0n) is 19.2. The van der Waals surface area contributed by atoms with E-state index in [1.54, 1.807) is 16.5 Å². The maximum absolute atomic E-state index is 12.9. The van der Waals surface area contributed by atoms with Gasteiger partial charge in [-0.1, -0.05) is 30.0 Å². The second-order valence-corrected chi connectivity index (χ2v) is 9.51. The van der Waals surface area contributed by atoms with E-state index < -0.39 is 0 Å². The monoisotopic (exact) mass is 498 g/mol. The minimum absolute atomic E-state index is 0.128. The van der Waals surface area contributed by atoms with Gasteiger partial charge in [0, 0.05) is 23.7 Å². The number of anilines is 1. The second-order valence-electron chi connectivity index (χ2n) is 8.57. The normalized spacial score (nSPS) is 13.3. The first-order chi connectivity index (χ1) is 17.6. The Hall–Kier alpha value is -4.25. The maximum Gasteiger partial charge on any atom is 0.263 e. The summed E-state index contributed by atoms with van der Waals surface area (Å²) in [6.45, 7) is 4.05. The van der Waals surface area contributed by atoms with Crippen LogP contribution in [0.25, 0.3) is 28.1 Å². The number of fused-ring (bicyclic) bond motifs is 3. The molecule has 10 nitrogen and oxygen atoms in total. The van der Waals surface area contributed by atoms with Crippen molar-refractivity contribution in [3.8, 4) is 11.4 Å². The van der Waals surface area contributed by atoms with Gasteiger partial charge in [0.05, 0.1) is 16.7 Å². The van der Waals surface area contributed by atoms with Crippen molar-refractivity contribution in [3.05, 3.63) is 77.4 Å². The third-order valence-electron chi connectivity index (χ3n) is 6.02. The molecule has 5 aromatic rings. The number of benzene rings is 2. The number of carbonyl (C=O) groups is 1. The van der Waals surface area contributed by atoms with Crippen molar-refractivity contribution in [2.24, 2.45) is 0 Å². The fourth-order valence-corrected chi connectivity index (χ4v) is 4.83. The van der Waals surface area contributed by atoms with Crippen LogP contribution < -0.4 is 10.9 Å². The van der Waals surface area contributed by atoms with Crippen molar-refractivity contribution in [1.29, 1.82) is 0 Å². The van der Waals surface area contributed by atoms with Gasteiger partial charge in [0.2, 0.25) is 11.7 Å². The molecule has 0 saturated heterocycles. The lowest BCUT2D eigenvalue weighted by atomic mass is 10.2. The van der Waals surface area contributed by atoms with Gasteiger partial charge in [0.25, 0.3) is 5.56 Å². The summed E-state index contributed by atoms with van der Waals surface area (Å²) in [5.74, 6) is 2.47. The molecular formula is C25H22N8O2S. The van der Waals surface area contributed by atoms with E-state index in [1.165, 1.54) is 16.3 Å². The first-order valence-corrected chi connectivity index (χ1v) is 12.5. The molecule has 180 valence electrons. The lowest BCUT2D eigenvalue weighted by Gasteiger charge is -2.09. The Morgan fingerprint density at radius 1 is 1.17 bits per heavy atom. The van der Waals surface area contributed by atoms with Gasteiger partial charge < -0.3 is 5.32 Å². The van der Waals surface area contributed by atoms with Crippen molar-refractivity contribution in [3.63, 3.8) is 0 Å². The number of carbonyl (C=O) groups excluding carboxylic acids is 1. The third kappa shape index (κ3) is 4.07. The Morgan fingerprint density at radius 3 is 2.75 bits per heavy atom. The molecule has 3 aromatic heterocycles. The molecule has 0 unspecified atom stereocenters. The summed E-state index contributed by atoms with van der Waals surface area (Å²) in [7, 11) is 0. The molecule has 2 N–H and O–H groups in total. The number of rotatable bonds is 8. The lowest BCUT2D eigenvalue weighted by Crippen LogP contribution is -2.22. The molecule has 36 heavy (non-hydrogen) atoms. The van der Waals surface area contributed by atoms with Crippen molar-refractivity contribution in [2.45, 2.75) is 30.5 Å². The standard InChI is InChI=1S/C25H22N8O2S/c1-2-13-32-23(35)18-5-3-4-6-19(18)33-24(32)30-31-25(33)36-14-20(34)26-17-11-9-16(10-12-17)22-27-21(28-29-22)15-7-8-15/h2-6,9-12,15H,1,7-8,13-14H2,(H,26,34)(H,27,28,29). The number of nitrogens with one attached hydrogen (secondary N) is 2. The summed E-state index contributed by atoms with van der Waals surface area (Å²) in [5, 5.41) is 19.8. The molecular weight excluding hydrogens is 476 g/mol. The van der Waals surface area contributed by atoms with Crippen molar-refractivity contribution in [1.82, 2.24) is 34.3 Å². The van der Waals surface area contributed by atoms with Gasteiger partial charge in [-0.25, -0.2) is 4.98 Å². The lowest BCUT2D eigenvalue weighted by molar-refractivity contribution is -0.113. The maximum atomic E-state index is 12.9. The summed E-state index contributed by atoms with van der Waals surface area (Å²) in [5.41, 5.74) is 2.10. The van der Waals surface area contributed by atoms with Crippen LogP contribution in [0.2, 0.25) is 0 Å². The van der Waals surface area contributed by atoms with Crippen LogP contribution in [0, 0.1) is 0 Å². The summed E-state index contributed by atoms with van der Waals surface area (Å²) in [4.78, 5) is 30.2. The molecule has 1 saturated carbocycles. The highest BCUT2D eigenvalue weighted by Crippen LogP contribution is 2.38. The van der Waals surface area contributed by atoms with E-state index >= 15 is 0 Å². The Morgan fingerprint density at radius 2 is 1.97 bits per heavy atom. The summed E-state index contributed by atoms with van der Waals surface area (Å²) < 4.78 is 3.33. The zero-order valence-corrected chi connectivity index (χ0v) is 20.0. The number of hydrogen-bond donors (Lipinski definition) is 2. The van der Waals surface area contributed by atoms with Gasteiger partial charge in [-0.05, 0) is 49.2 Å². The molecule has 0 bridgehead atoms. The molecule has 3 heterocycles. The number of thioether (sulfide) groups is 1. The van der Waals surface area contributed by atoms with E-state index in [-0.39, 0.29) is 17.2 Å². The molecule has 0 aliphatic heterocycles. The van der Waals surface area contributed by atoms with E-state index in [2.05, 4.69) is 37.3 Å². The number of aromatic nitrogens is 7. The number of amides is 1. The molecule has 6 rings (SSSR count). The Labute approximate surface area is 209 Å². The first-order valence-electron chi connectivity index (χ1n) is 11.6. The minimum atomic E-state index is -0.179. The van der Waals surface area contributed by atoms with Gasteiger partial charge >= 0.3 is 0 Å². The van der Waals surface area contributed by atoms with Crippen LogP contribution in [0.1, 0.15) is 24.6 Å². The quantitative estimate of drug-likeness (QED) is 0.247. The summed E-state index contributed by atoms with van der Waals surface area (Å²) in [6, 6.07) is 14.7. The fraction of sp³-hybridized carbons (Fsp3) is 0.200. The van der Waals surface area contributed by atoms with Crippen molar-refractivity contribution >= 4 is 40.0 Å². The number of aromatic amines is 1. The number of H-pyrrole nitrogens is 1. The number of para-hydroxylation sites is 1. The average Bonchev–Trinajstić information content (AvgIpc) is 3.47. The summed E-state index contributed by atoms with van der Waals surface area (Å²) >= 11 is 1.25. The highest BCUT2D eigenvalue weighted by atomic mass is 32.2. The number of nitrogens with zero attached hydrogens (tertiary/aromatic N) is 6. The molecule has 1 fully saturated rings. The molecule has 0 radical (unpaired) electrons. The van der Waals surface area contributed by atoms with Gasteiger partial charge in [0.1, 0.15) is 5.82 Å². The average molecular weight is 499 g/mol. The second kappa shape index (κ2) is 9.08. The van der Waals surface area contributed by atoms with E-state index in [0.717, 1.165) is 24.2 Å². The number of allylic oxidation sites excluding steroid dienone is 1. The summed E-state index contributed by atoms with van der Waals surface area (Å²) in [6.07, 6.45) is 3.96. The van der Waals surface area contributed by atoms with Crippen LogP contribution in [0.4, 0.5) is 5.69 Å². The molecule has 1 aliphatic rings. The van der Waals surface area contributed by atoms with Gasteiger partial charge in [-0.2, -0.15) is 5.10 Å². The van der Waals surface area contributed by atoms with Gasteiger partial charge in [-0.15, -0.1) is 16.8 Å². The van der Waals surface area contributed by atoms with Crippen LogP contribution in [-0.2, 0) is 11.3 Å². The van der Waals surface area contributed by atoms with E-state index in [0.29, 0.717) is 45.8 Å². The van der Waals surface area contributed by atoms with Crippen LogP contribution in [0.15, 0.2) is 71.1 Å². The van der Waals surface area contributed by atoms with Crippen LogP contribution in [0.3, 0.4) is 0 Å². The first kappa shape index (κ1) is 22.2. The van der Waals surface area contributed by atoms with E-state index in [4.69, 9.17) is 0 Å². The van der Waals surface area contributed by atoms with Gasteiger partial charge in [-0.3, -0.25) is 23.7 Å². The minimum Gasteiger partial charge on any atom is -0.325 e. The SMILES string of the molecule is C=CCn1c(=O)c2ccccc2n2c(SCC(=O)Nc3ccc(-c4n[nH]c(C5CC5)n4)cc3)nnc12. The Kier molecular flexibility index (Phi) is 5.61. The highest BCUT2D eigenvalue weighted by Gasteiger charge is 2.27. The third-order valence-corrected chi connectivity index (χ3v) is 6.94. The van der Waals surface area contributed by atoms with E-state index in [1.807, 2.05) is 42.5 Å². The zero-order chi connectivity index (χ0) is 24.6. The molecule has 11 heteroatoms. The Bertz CT molecular complexity index is 1660. The van der Waals surface area contributed by atoms with Crippen LogP contribution in [0.5, 0.6) is 0 Å². The fourth-order valence-electron chi connectivity index (χ4n) is 4.09. The molecule has 1 amide bonds.